The Morgan fingerprint density at radius 3 is 0.717 bits per heavy atom. The highest BCUT2D eigenvalue weighted by Gasteiger charge is 2.30. The molecule has 0 bridgehead atoms. The quantitative estimate of drug-likeness (QED) is 0.0169. The molecule has 0 aliphatic carbocycles. The molecule has 19 heteroatoms. The van der Waals surface area contributed by atoms with Gasteiger partial charge in [0.2, 0.25) is 0 Å². The van der Waals surface area contributed by atoms with Crippen LogP contribution >= 0.6 is 15.6 Å². The third-order valence-corrected chi connectivity index (χ3v) is 21.9. The van der Waals surface area contributed by atoms with Gasteiger partial charge in [-0.15, -0.1) is 0 Å². The van der Waals surface area contributed by atoms with Gasteiger partial charge in [0.05, 0.1) is 26.4 Å². The summed E-state index contributed by atoms with van der Waals surface area (Å²) < 4.78 is 68.9. The Kier molecular flexibility index (Phi) is 78.7. The minimum Gasteiger partial charge on any atom is -0.462 e. The molecule has 106 heavy (non-hydrogen) atoms. The number of esters is 4. The van der Waals surface area contributed by atoms with E-state index in [0.29, 0.717) is 25.7 Å². The number of hydrogen-bond acceptors (Lipinski definition) is 15. The van der Waals surface area contributed by atoms with Crippen molar-refractivity contribution in [3.8, 4) is 0 Å². The Hall–Kier alpha value is -2.46. The van der Waals surface area contributed by atoms with Crippen molar-refractivity contribution in [2.75, 3.05) is 39.6 Å². The van der Waals surface area contributed by atoms with Crippen LogP contribution in [0.4, 0.5) is 0 Å². The summed E-state index contributed by atoms with van der Waals surface area (Å²) in [7, 11) is -9.94. The van der Waals surface area contributed by atoms with Crippen LogP contribution in [0.15, 0.2) is 24.3 Å². The van der Waals surface area contributed by atoms with Crippen molar-refractivity contribution in [1.29, 1.82) is 0 Å². The third-order valence-electron chi connectivity index (χ3n) is 19.9. The molecule has 3 N–H and O–H groups in total. The fourth-order valence-electron chi connectivity index (χ4n) is 13.1. The highest BCUT2D eigenvalue weighted by atomic mass is 31.2. The second-order valence-electron chi connectivity index (χ2n) is 30.6. The highest BCUT2D eigenvalue weighted by molar-refractivity contribution is 7.47. The first-order chi connectivity index (χ1) is 51.7. The molecule has 0 aromatic rings. The molecule has 17 nitrogen and oxygen atoms in total. The molecule has 5 atom stereocenters. The Bertz CT molecular complexity index is 2090. The smallest absolute Gasteiger partial charge is 0.462 e. The van der Waals surface area contributed by atoms with Crippen LogP contribution in [0, 0.1) is 0 Å². The van der Waals surface area contributed by atoms with Crippen LogP contribution < -0.4 is 0 Å². The summed E-state index contributed by atoms with van der Waals surface area (Å²) in [4.78, 5) is 73.3. The predicted molar refractivity (Wildman–Crippen MR) is 437 cm³/mol. The van der Waals surface area contributed by atoms with Gasteiger partial charge >= 0.3 is 39.5 Å². The van der Waals surface area contributed by atoms with Crippen LogP contribution in [-0.2, 0) is 65.4 Å². The Balaban J connectivity index is 5.30. The largest absolute Gasteiger partial charge is 0.472 e. The minimum atomic E-state index is -4.97. The van der Waals surface area contributed by atoms with E-state index >= 15 is 0 Å². The molecule has 0 amide bonds. The van der Waals surface area contributed by atoms with Crippen molar-refractivity contribution in [3.05, 3.63) is 24.3 Å². The van der Waals surface area contributed by atoms with E-state index in [1.807, 2.05) is 0 Å². The molecule has 0 aliphatic rings. The van der Waals surface area contributed by atoms with Crippen LogP contribution in [0.3, 0.4) is 0 Å². The Morgan fingerprint density at radius 1 is 0.264 bits per heavy atom. The molecule has 0 saturated carbocycles. The maximum Gasteiger partial charge on any atom is 0.472 e. The fraction of sp³-hybridized carbons (Fsp3) is 0.908. The lowest BCUT2D eigenvalue weighted by atomic mass is 10.0. The van der Waals surface area contributed by atoms with E-state index in [2.05, 4.69) is 52.0 Å². The lowest BCUT2D eigenvalue weighted by Gasteiger charge is -2.21. The first kappa shape index (κ1) is 104. The predicted octanol–water partition coefficient (Wildman–Crippen LogP) is 26.5. The molecule has 0 aliphatic heterocycles. The molecule has 626 valence electrons. The summed E-state index contributed by atoms with van der Waals surface area (Å²) in [5.74, 6) is -2.12. The Morgan fingerprint density at radius 2 is 0.462 bits per heavy atom. The van der Waals surface area contributed by atoms with Crippen LogP contribution in [0.5, 0.6) is 0 Å². The molecular weight excluding hydrogens is 1380 g/mol. The zero-order chi connectivity index (χ0) is 77.4. The maximum atomic E-state index is 13.1. The molecule has 0 aromatic heterocycles. The van der Waals surface area contributed by atoms with E-state index in [9.17, 15) is 43.2 Å². The van der Waals surface area contributed by atoms with Crippen molar-refractivity contribution in [2.45, 2.75) is 470 Å². The number of aliphatic hydroxyl groups is 1. The van der Waals surface area contributed by atoms with Gasteiger partial charge in [-0.05, 0) is 57.8 Å². The number of allylic oxidation sites excluding steroid dienone is 4. The van der Waals surface area contributed by atoms with Crippen LogP contribution in [-0.4, -0.2) is 96.7 Å². The van der Waals surface area contributed by atoms with Gasteiger partial charge in [0.15, 0.2) is 12.2 Å². The monoisotopic (exact) mass is 1550 g/mol. The van der Waals surface area contributed by atoms with Crippen molar-refractivity contribution in [2.24, 2.45) is 0 Å². The molecule has 0 radical (unpaired) electrons. The first-order valence-electron chi connectivity index (χ1n) is 44.6. The molecule has 0 fully saturated rings. The third kappa shape index (κ3) is 79.6. The lowest BCUT2D eigenvalue weighted by Crippen LogP contribution is -2.30. The average molecular weight is 1550 g/mol. The van der Waals surface area contributed by atoms with E-state index < -0.39 is 97.5 Å². The normalized spacial score (nSPS) is 13.8. The number of ether oxygens (including phenoxy) is 4. The van der Waals surface area contributed by atoms with E-state index in [1.165, 1.54) is 263 Å². The van der Waals surface area contributed by atoms with Crippen molar-refractivity contribution < 1.29 is 80.2 Å². The van der Waals surface area contributed by atoms with Gasteiger partial charge in [0.25, 0.3) is 0 Å². The molecule has 2 unspecified atom stereocenters. The molecule has 0 heterocycles. The number of phosphoric acid groups is 2. The van der Waals surface area contributed by atoms with E-state index in [1.54, 1.807) is 0 Å². The zero-order valence-corrected chi connectivity index (χ0v) is 70.7. The van der Waals surface area contributed by atoms with Crippen molar-refractivity contribution in [1.82, 2.24) is 0 Å². The van der Waals surface area contributed by atoms with Crippen molar-refractivity contribution >= 4 is 39.5 Å². The minimum absolute atomic E-state index is 0.0879. The molecule has 0 aromatic carbocycles. The number of unbranched alkanes of at least 4 members (excludes halogenated alkanes) is 56. The summed E-state index contributed by atoms with van der Waals surface area (Å²) in [6, 6.07) is 0. The summed E-state index contributed by atoms with van der Waals surface area (Å²) in [5.41, 5.74) is 0. The van der Waals surface area contributed by atoms with E-state index in [4.69, 9.17) is 37.0 Å². The average Bonchev–Trinajstić information content (AvgIpc) is 0.909. The maximum absolute atomic E-state index is 13.1. The number of hydrogen-bond donors (Lipinski definition) is 3. The number of phosphoric ester groups is 2. The number of carbonyl (C=O) groups excluding carboxylic acids is 4. The number of rotatable bonds is 86. The van der Waals surface area contributed by atoms with Gasteiger partial charge in [-0.1, -0.05) is 392 Å². The molecule has 0 spiro atoms. The number of aliphatic hydroxyl groups excluding tert-OH is 1. The van der Waals surface area contributed by atoms with E-state index in [-0.39, 0.29) is 25.7 Å². The summed E-state index contributed by atoms with van der Waals surface area (Å²) >= 11 is 0. The summed E-state index contributed by atoms with van der Waals surface area (Å²) in [6.45, 7) is 5.00. The van der Waals surface area contributed by atoms with Gasteiger partial charge in [0, 0.05) is 25.7 Å². The molecule has 0 rings (SSSR count). The van der Waals surface area contributed by atoms with Crippen LogP contribution in [0.25, 0.3) is 0 Å². The SMILES string of the molecule is CCCCC/C=C\C/C=C\CCCCCCCC(=O)O[C@H](COC(=O)CCCCCCCCCCCCCCCCCCC)COP(=O)(O)OC[C@@H](O)COP(=O)(O)OC[C@@H](COC(=O)CCCCCCCCCCCCCCCCCCC)OC(=O)CCCCCCCCCCCCCCCCCCC. The van der Waals surface area contributed by atoms with Gasteiger partial charge in [-0.2, -0.15) is 0 Å². The highest BCUT2D eigenvalue weighted by Crippen LogP contribution is 2.45. The standard InChI is InChI=1S/C87H166O17P2/c1-5-9-13-17-21-25-29-33-37-40-44-47-51-55-59-63-67-71-84(89)97-77-82(103-86(91)73-69-65-61-57-53-49-43-36-32-28-24-20-16-12-8-4)79-101-105(93,94)99-75-81(88)76-100-106(95,96)102-80-83(104-87(92)74-70-66-62-58-54-50-46-42-39-35-31-27-23-19-15-11-7-3)78-98-85(90)72-68-64-60-56-52-48-45-41-38-34-30-26-22-18-14-10-6-2/h24,28,36,43,81-83,88H,5-23,25-27,29-35,37-42,44-80H2,1-4H3,(H,93,94)(H,95,96)/b28-24-,43-36-/t81-,82-,83-/m1/s1. The van der Waals surface area contributed by atoms with E-state index in [0.717, 1.165) is 109 Å². The summed E-state index contributed by atoms with van der Waals surface area (Å²) in [5, 5.41) is 10.7. The Labute approximate surface area is 650 Å². The van der Waals surface area contributed by atoms with Gasteiger partial charge in [0.1, 0.15) is 19.3 Å². The molecular formula is C87H166O17P2. The van der Waals surface area contributed by atoms with Gasteiger partial charge in [-0.3, -0.25) is 37.3 Å². The topological polar surface area (TPSA) is 237 Å². The van der Waals surface area contributed by atoms with Gasteiger partial charge < -0.3 is 33.8 Å². The van der Waals surface area contributed by atoms with Crippen LogP contribution in [0.2, 0.25) is 0 Å². The fourth-order valence-corrected chi connectivity index (χ4v) is 14.7. The second kappa shape index (κ2) is 80.6. The first-order valence-corrected chi connectivity index (χ1v) is 47.6. The van der Waals surface area contributed by atoms with Gasteiger partial charge in [-0.25, -0.2) is 9.13 Å². The zero-order valence-electron chi connectivity index (χ0n) is 68.9. The number of carbonyl (C=O) groups is 4. The second-order valence-corrected chi connectivity index (χ2v) is 33.5. The molecule has 0 saturated heterocycles. The van der Waals surface area contributed by atoms with Crippen LogP contribution in [0.1, 0.15) is 451 Å². The lowest BCUT2D eigenvalue weighted by molar-refractivity contribution is -0.161. The summed E-state index contributed by atoms with van der Waals surface area (Å²) in [6.07, 6.45) is 78.4. The van der Waals surface area contributed by atoms with Crippen molar-refractivity contribution in [3.63, 3.8) is 0 Å².